The summed E-state index contributed by atoms with van der Waals surface area (Å²) in [5.74, 6) is 1.77. The van der Waals surface area contributed by atoms with Gasteiger partial charge in [-0.15, -0.1) is 0 Å². The molecule has 0 amide bonds. The monoisotopic (exact) mass is 650 g/mol. The second kappa shape index (κ2) is 10.6. The fourth-order valence-electron chi connectivity index (χ4n) is 9.29. The molecule has 1 fully saturated rings. The van der Waals surface area contributed by atoms with E-state index in [1.54, 1.807) is 0 Å². The molecule has 4 heterocycles. The molecule has 1 saturated carbocycles. The Balaban J connectivity index is 1.07. The number of para-hydroxylation sites is 6. The van der Waals surface area contributed by atoms with Gasteiger partial charge < -0.3 is 19.6 Å². The Morgan fingerprint density at radius 1 is 0.600 bits per heavy atom. The molecule has 1 aliphatic carbocycles. The smallest absolute Gasteiger partial charge is 0.179 e. The first-order valence-corrected chi connectivity index (χ1v) is 17.6. The highest BCUT2D eigenvalue weighted by Crippen LogP contribution is 2.76. The molecular weight excluding hydrogens is 613 g/mol. The van der Waals surface area contributed by atoms with Crippen molar-refractivity contribution >= 4 is 45.4 Å². The van der Waals surface area contributed by atoms with Crippen LogP contribution in [0.1, 0.15) is 31.9 Å². The van der Waals surface area contributed by atoms with Crippen LogP contribution in [0.4, 0.5) is 34.4 Å². The number of rotatable bonds is 5. The van der Waals surface area contributed by atoms with Gasteiger partial charge in [0.2, 0.25) is 0 Å². The minimum atomic E-state index is -0.0856. The van der Waals surface area contributed by atoms with Crippen LogP contribution in [0.2, 0.25) is 0 Å². The third-order valence-corrected chi connectivity index (χ3v) is 11.8. The summed E-state index contributed by atoms with van der Waals surface area (Å²) in [6, 6.07) is 47.4. The molecule has 0 N–H and O–H groups in total. The van der Waals surface area contributed by atoms with Crippen LogP contribution in [0.5, 0.6) is 0 Å². The number of nitrogens with zero attached hydrogens (tertiary/aromatic N) is 6. The lowest BCUT2D eigenvalue weighted by atomic mass is 9.81. The van der Waals surface area contributed by atoms with E-state index in [1.165, 1.54) is 28.1 Å². The maximum Gasteiger partial charge on any atom is 0.179 e. The third-order valence-electron chi connectivity index (χ3n) is 11.8. The van der Waals surface area contributed by atoms with Gasteiger partial charge in [-0.1, -0.05) is 110 Å². The van der Waals surface area contributed by atoms with E-state index in [0.29, 0.717) is 0 Å². The van der Waals surface area contributed by atoms with Gasteiger partial charge in [-0.2, -0.15) is 0 Å². The molecule has 50 heavy (non-hydrogen) atoms. The normalized spacial score (nSPS) is 25.1. The van der Waals surface area contributed by atoms with Gasteiger partial charge in [0.05, 0.1) is 11.0 Å². The average molecular weight is 651 g/mol. The van der Waals surface area contributed by atoms with Gasteiger partial charge in [-0.25, -0.2) is 9.97 Å². The fraction of sp³-hybridized carbons (Fsp3) is 0.182. The molecule has 0 radical (unpaired) electrons. The molecule has 1 aromatic heterocycles. The largest absolute Gasteiger partial charge is 0.324 e. The molecule has 244 valence electrons. The molecule has 6 aromatic rings. The summed E-state index contributed by atoms with van der Waals surface area (Å²) in [5.41, 5.74) is 10.6. The van der Waals surface area contributed by atoms with Crippen LogP contribution in [0.3, 0.4) is 0 Å². The highest BCUT2D eigenvalue weighted by Gasteiger charge is 2.75. The number of hydrogen-bond acceptors (Lipinski definition) is 6. The van der Waals surface area contributed by atoms with E-state index in [9.17, 15) is 0 Å². The lowest BCUT2D eigenvalue weighted by molar-refractivity contribution is 0.374. The molecule has 0 bridgehead atoms. The van der Waals surface area contributed by atoms with Crippen molar-refractivity contribution in [1.29, 1.82) is 0 Å². The molecule has 3 aliphatic heterocycles. The Kier molecular flexibility index (Phi) is 6.14. The van der Waals surface area contributed by atoms with E-state index in [0.717, 1.165) is 40.5 Å². The summed E-state index contributed by atoms with van der Waals surface area (Å²) < 4.78 is 0. The van der Waals surface area contributed by atoms with E-state index in [-0.39, 0.29) is 23.2 Å². The zero-order chi connectivity index (χ0) is 33.6. The molecule has 6 nitrogen and oxygen atoms in total. The summed E-state index contributed by atoms with van der Waals surface area (Å²) in [7, 11) is 0. The van der Waals surface area contributed by atoms with Crippen molar-refractivity contribution in [2.24, 2.45) is 5.41 Å². The zero-order valence-electron chi connectivity index (χ0n) is 28.5. The van der Waals surface area contributed by atoms with Crippen molar-refractivity contribution in [3.8, 4) is 0 Å². The van der Waals surface area contributed by atoms with Gasteiger partial charge >= 0.3 is 0 Å². The second-order valence-corrected chi connectivity index (χ2v) is 14.2. The first kappa shape index (κ1) is 29.1. The van der Waals surface area contributed by atoms with E-state index in [4.69, 9.17) is 9.97 Å². The summed E-state index contributed by atoms with van der Waals surface area (Å²) in [6.45, 7) is 7.18. The molecule has 4 atom stereocenters. The number of allylic oxidation sites excluding steroid dienone is 1. The van der Waals surface area contributed by atoms with Crippen LogP contribution in [0.15, 0.2) is 158 Å². The summed E-state index contributed by atoms with van der Waals surface area (Å²) in [4.78, 5) is 20.1. The van der Waals surface area contributed by atoms with E-state index >= 15 is 0 Å². The van der Waals surface area contributed by atoms with Crippen LogP contribution in [-0.2, 0) is 11.8 Å². The quantitative estimate of drug-likeness (QED) is 0.173. The van der Waals surface area contributed by atoms with Crippen molar-refractivity contribution in [3.63, 3.8) is 0 Å². The van der Waals surface area contributed by atoms with Crippen molar-refractivity contribution < 1.29 is 0 Å². The minimum Gasteiger partial charge on any atom is -0.324 e. The number of fused-ring (bicyclic) bond motifs is 8. The van der Waals surface area contributed by atoms with E-state index in [1.807, 2.05) is 18.2 Å². The van der Waals surface area contributed by atoms with Crippen molar-refractivity contribution in [2.75, 3.05) is 19.6 Å². The SMILES string of the molecule is CC1N(c2ccccc2)c2nc3ccccc3nc2N1c1ccccc1C/C=C1\C2(C)c3ccccc3N3C=CN(c4ccccc4)C3C12C. The van der Waals surface area contributed by atoms with Gasteiger partial charge in [0.15, 0.2) is 11.6 Å². The van der Waals surface area contributed by atoms with E-state index < -0.39 is 0 Å². The Morgan fingerprint density at radius 3 is 1.88 bits per heavy atom. The molecule has 10 rings (SSSR count). The molecule has 4 aliphatic rings. The van der Waals surface area contributed by atoms with Gasteiger partial charge in [-0.3, -0.25) is 0 Å². The van der Waals surface area contributed by atoms with Gasteiger partial charge in [0, 0.05) is 46.0 Å². The van der Waals surface area contributed by atoms with Gasteiger partial charge in [0.25, 0.3) is 0 Å². The van der Waals surface area contributed by atoms with Gasteiger partial charge in [-0.05, 0) is 73.0 Å². The first-order valence-electron chi connectivity index (χ1n) is 17.6. The molecular formula is C44H38N6. The summed E-state index contributed by atoms with van der Waals surface area (Å²) in [6.07, 6.45) is 8.00. The van der Waals surface area contributed by atoms with Crippen LogP contribution in [0.25, 0.3) is 11.0 Å². The topological polar surface area (TPSA) is 38.7 Å². The van der Waals surface area contributed by atoms with Crippen molar-refractivity contribution in [1.82, 2.24) is 9.97 Å². The van der Waals surface area contributed by atoms with Gasteiger partial charge in [0.1, 0.15) is 12.3 Å². The summed E-state index contributed by atoms with van der Waals surface area (Å²) >= 11 is 0. The molecule has 0 spiro atoms. The molecule has 6 heteroatoms. The van der Waals surface area contributed by atoms with E-state index in [2.05, 4.69) is 174 Å². The minimum absolute atomic E-state index is 0.0269. The average Bonchev–Trinajstić information content (AvgIpc) is 3.43. The predicted octanol–water partition coefficient (Wildman–Crippen LogP) is 9.85. The Labute approximate surface area is 293 Å². The highest BCUT2D eigenvalue weighted by molar-refractivity contribution is 5.90. The van der Waals surface area contributed by atoms with Crippen LogP contribution in [0, 0.1) is 5.41 Å². The first-order chi connectivity index (χ1) is 24.5. The number of benzene rings is 5. The van der Waals surface area contributed by atoms with Crippen LogP contribution in [-0.4, -0.2) is 22.3 Å². The Hall–Kier alpha value is -5.88. The maximum atomic E-state index is 5.26. The Morgan fingerprint density at radius 2 is 1.16 bits per heavy atom. The summed E-state index contributed by atoms with van der Waals surface area (Å²) in [5, 5.41) is 0. The van der Waals surface area contributed by atoms with Crippen molar-refractivity contribution in [2.45, 2.75) is 44.9 Å². The number of anilines is 6. The Bertz CT molecular complexity index is 2350. The number of aromatic nitrogens is 2. The van der Waals surface area contributed by atoms with Crippen LogP contribution >= 0.6 is 0 Å². The molecule has 0 saturated heterocycles. The maximum absolute atomic E-state index is 5.26. The van der Waals surface area contributed by atoms with Crippen molar-refractivity contribution in [3.05, 3.63) is 169 Å². The lowest BCUT2D eigenvalue weighted by Gasteiger charge is -2.43. The zero-order valence-corrected chi connectivity index (χ0v) is 28.5. The highest BCUT2D eigenvalue weighted by atomic mass is 15.5. The molecule has 4 unspecified atom stereocenters. The lowest BCUT2D eigenvalue weighted by Crippen LogP contribution is -2.50. The van der Waals surface area contributed by atoms with Crippen LogP contribution < -0.4 is 19.6 Å². The second-order valence-electron chi connectivity index (χ2n) is 14.2. The number of hydrogen-bond donors (Lipinski definition) is 0. The standard InChI is InChI=1S/C44H38N6/c1-30-49(33-19-8-5-9-20-33)40-41(46-36-23-13-12-22-35(36)45-40)50(30)37-24-14-10-16-31(37)26-27-39-43(2)34-21-11-15-25-38(34)48-29-28-47(42(48)44(39,43)3)32-17-6-4-7-18-32/h4-25,27-30,42H,26H2,1-3H3/b39-27+. The fourth-order valence-corrected chi connectivity index (χ4v) is 9.29. The third kappa shape index (κ3) is 3.84. The predicted molar refractivity (Wildman–Crippen MR) is 204 cm³/mol. The molecule has 5 aromatic carbocycles.